The van der Waals surface area contributed by atoms with Gasteiger partial charge in [-0.05, 0) is 57.1 Å². The van der Waals surface area contributed by atoms with Gasteiger partial charge in [0, 0.05) is 12.2 Å². The van der Waals surface area contributed by atoms with Crippen LogP contribution >= 0.6 is 0 Å². The Balaban J connectivity index is 2.06. The summed E-state index contributed by atoms with van der Waals surface area (Å²) >= 11 is 0. The number of ether oxygens (including phenoxy) is 2. The second-order valence-electron chi connectivity index (χ2n) is 6.49. The van der Waals surface area contributed by atoms with Gasteiger partial charge in [-0.25, -0.2) is 0 Å². The number of amides is 1. The molecule has 1 atom stereocenters. The molecule has 0 radical (unpaired) electrons. The van der Waals surface area contributed by atoms with Crippen LogP contribution in [-0.4, -0.2) is 37.1 Å². The number of hydrogen-bond acceptors (Lipinski definition) is 4. The Morgan fingerprint density at radius 1 is 1.18 bits per heavy atom. The number of benzene rings is 2. The first-order valence-electron chi connectivity index (χ1n) is 9.09. The first-order chi connectivity index (χ1) is 13.3. The second kappa shape index (κ2) is 10.0. The summed E-state index contributed by atoms with van der Waals surface area (Å²) in [6.07, 6.45) is 0. The standard InChI is InChI=1S/C21H26F2N2O3/c1-5-27-19-12-16(10-11-18(19)28-21(22)23)13-25(4)15(3)20(26)24-17-9-7-6-8-14(17)2/h6-12,15,21H,5,13H2,1-4H3,(H,24,26). The van der Waals surface area contributed by atoms with Crippen LogP contribution in [0.25, 0.3) is 0 Å². The molecular weight excluding hydrogens is 366 g/mol. The number of carbonyl (C=O) groups excluding carboxylic acids is 1. The highest BCUT2D eigenvalue weighted by molar-refractivity contribution is 5.95. The van der Waals surface area contributed by atoms with Crippen LogP contribution in [0, 0.1) is 6.92 Å². The molecule has 0 bridgehead atoms. The third-order valence-electron chi connectivity index (χ3n) is 4.40. The highest BCUT2D eigenvalue weighted by Crippen LogP contribution is 2.30. The highest BCUT2D eigenvalue weighted by Gasteiger charge is 2.20. The number of nitrogens with one attached hydrogen (secondary N) is 1. The number of alkyl halides is 2. The molecule has 0 heterocycles. The quantitative estimate of drug-likeness (QED) is 0.685. The molecular formula is C21H26F2N2O3. The summed E-state index contributed by atoms with van der Waals surface area (Å²) < 4.78 is 34.9. The van der Waals surface area contributed by atoms with Crippen LogP contribution < -0.4 is 14.8 Å². The van der Waals surface area contributed by atoms with Crippen LogP contribution in [0.3, 0.4) is 0 Å². The van der Waals surface area contributed by atoms with Crippen LogP contribution in [0.5, 0.6) is 11.5 Å². The molecule has 0 spiro atoms. The fourth-order valence-electron chi connectivity index (χ4n) is 2.69. The normalized spacial score (nSPS) is 12.1. The van der Waals surface area contributed by atoms with Gasteiger partial charge in [-0.2, -0.15) is 8.78 Å². The van der Waals surface area contributed by atoms with Crippen molar-refractivity contribution in [3.8, 4) is 11.5 Å². The molecule has 0 aromatic heterocycles. The van der Waals surface area contributed by atoms with E-state index in [0.29, 0.717) is 13.2 Å². The average Bonchev–Trinajstić information content (AvgIpc) is 2.64. The number of hydrogen-bond donors (Lipinski definition) is 1. The first-order valence-corrected chi connectivity index (χ1v) is 9.09. The molecule has 5 nitrogen and oxygen atoms in total. The lowest BCUT2D eigenvalue weighted by atomic mass is 10.1. The van der Waals surface area contributed by atoms with Gasteiger partial charge in [-0.3, -0.25) is 9.69 Å². The summed E-state index contributed by atoms with van der Waals surface area (Å²) in [4.78, 5) is 14.4. The van der Waals surface area contributed by atoms with E-state index in [4.69, 9.17) is 4.74 Å². The maximum absolute atomic E-state index is 12.6. The summed E-state index contributed by atoms with van der Waals surface area (Å²) in [5.41, 5.74) is 2.59. The van der Waals surface area contributed by atoms with Gasteiger partial charge >= 0.3 is 6.61 Å². The zero-order chi connectivity index (χ0) is 20.7. The molecule has 0 saturated carbocycles. The second-order valence-corrected chi connectivity index (χ2v) is 6.49. The van der Waals surface area contributed by atoms with E-state index in [2.05, 4.69) is 10.1 Å². The van der Waals surface area contributed by atoms with Crippen molar-refractivity contribution in [2.24, 2.45) is 0 Å². The number of likely N-dealkylation sites (N-methyl/N-ethyl adjacent to an activating group) is 1. The lowest BCUT2D eigenvalue weighted by Gasteiger charge is -2.24. The van der Waals surface area contributed by atoms with Gasteiger partial charge in [0.15, 0.2) is 11.5 Å². The van der Waals surface area contributed by atoms with E-state index in [-0.39, 0.29) is 17.4 Å². The number of anilines is 1. The number of para-hydroxylation sites is 1. The minimum atomic E-state index is -2.92. The summed E-state index contributed by atoms with van der Waals surface area (Å²) in [5, 5.41) is 2.93. The SMILES string of the molecule is CCOc1cc(CN(C)C(C)C(=O)Nc2ccccc2C)ccc1OC(F)F. The van der Waals surface area contributed by atoms with Crippen molar-refractivity contribution in [3.05, 3.63) is 53.6 Å². The Morgan fingerprint density at radius 2 is 1.89 bits per heavy atom. The number of halogens is 2. The maximum atomic E-state index is 12.6. The fraction of sp³-hybridized carbons (Fsp3) is 0.381. The van der Waals surface area contributed by atoms with Crippen molar-refractivity contribution in [2.75, 3.05) is 19.0 Å². The number of nitrogens with zero attached hydrogens (tertiary/aromatic N) is 1. The minimum Gasteiger partial charge on any atom is -0.490 e. The average molecular weight is 392 g/mol. The van der Waals surface area contributed by atoms with Crippen molar-refractivity contribution >= 4 is 11.6 Å². The largest absolute Gasteiger partial charge is 0.490 e. The monoisotopic (exact) mass is 392 g/mol. The van der Waals surface area contributed by atoms with E-state index in [1.807, 2.05) is 50.1 Å². The summed E-state index contributed by atoms with van der Waals surface area (Å²) in [7, 11) is 1.83. The van der Waals surface area contributed by atoms with Gasteiger partial charge in [0.2, 0.25) is 5.91 Å². The molecule has 1 N–H and O–H groups in total. The van der Waals surface area contributed by atoms with Gasteiger partial charge < -0.3 is 14.8 Å². The van der Waals surface area contributed by atoms with Gasteiger partial charge in [0.25, 0.3) is 0 Å². The van der Waals surface area contributed by atoms with E-state index in [1.54, 1.807) is 19.1 Å². The number of carbonyl (C=O) groups is 1. The molecule has 2 aromatic carbocycles. The third kappa shape index (κ3) is 5.92. The minimum absolute atomic E-state index is 0.00593. The van der Waals surface area contributed by atoms with E-state index in [9.17, 15) is 13.6 Å². The van der Waals surface area contributed by atoms with E-state index < -0.39 is 12.7 Å². The topological polar surface area (TPSA) is 50.8 Å². The molecule has 1 amide bonds. The highest BCUT2D eigenvalue weighted by atomic mass is 19.3. The maximum Gasteiger partial charge on any atom is 0.387 e. The van der Waals surface area contributed by atoms with Crippen molar-refractivity contribution in [1.82, 2.24) is 4.90 Å². The van der Waals surface area contributed by atoms with Gasteiger partial charge in [-0.1, -0.05) is 24.3 Å². The van der Waals surface area contributed by atoms with Crippen LogP contribution in [0.15, 0.2) is 42.5 Å². The zero-order valence-corrected chi connectivity index (χ0v) is 16.5. The Kier molecular flexibility index (Phi) is 7.75. The van der Waals surface area contributed by atoms with Gasteiger partial charge in [0.05, 0.1) is 12.6 Å². The lowest BCUT2D eigenvalue weighted by molar-refractivity contribution is -0.120. The van der Waals surface area contributed by atoms with Gasteiger partial charge in [0.1, 0.15) is 0 Å². The molecule has 0 saturated heterocycles. The van der Waals surface area contributed by atoms with Crippen LogP contribution in [0.2, 0.25) is 0 Å². The van der Waals surface area contributed by atoms with Crippen LogP contribution in [-0.2, 0) is 11.3 Å². The third-order valence-corrected chi connectivity index (χ3v) is 4.40. The fourth-order valence-corrected chi connectivity index (χ4v) is 2.69. The predicted octanol–water partition coefficient (Wildman–Crippen LogP) is 4.45. The molecule has 7 heteroatoms. The summed E-state index contributed by atoms with van der Waals surface area (Å²) in [5.74, 6) is 0.124. The first kappa shape index (κ1) is 21.6. The Bertz CT molecular complexity index is 799. The summed E-state index contributed by atoms with van der Waals surface area (Å²) in [6.45, 7) is 3.36. The Morgan fingerprint density at radius 3 is 2.54 bits per heavy atom. The predicted molar refractivity (Wildman–Crippen MR) is 105 cm³/mol. The molecule has 28 heavy (non-hydrogen) atoms. The molecule has 0 aliphatic carbocycles. The van der Waals surface area contributed by atoms with E-state index in [1.165, 1.54) is 6.07 Å². The summed E-state index contributed by atoms with van der Waals surface area (Å²) in [6, 6.07) is 12.0. The number of aryl methyl sites for hydroxylation is 1. The van der Waals surface area contributed by atoms with Crippen molar-refractivity contribution < 1.29 is 23.0 Å². The molecule has 0 fully saturated rings. The van der Waals surface area contributed by atoms with Crippen LogP contribution in [0.1, 0.15) is 25.0 Å². The van der Waals surface area contributed by atoms with Crippen molar-refractivity contribution in [1.29, 1.82) is 0 Å². The Labute approximate surface area is 164 Å². The molecule has 0 aliphatic heterocycles. The zero-order valence-electron chi connectivity index (χ0n) is 16.5. The molecule has 2 aromatic rings. The van der Waals surface area contributed by atoms with E-state index >= 15 is 0 Å². The molecule has 2 rings (SSSR count). The lowest BCUT2D eigenvalue weighted by Crippen LogP contribution is -2.39. The van der Waals surface area contributed by atoms with E-state index in [0.717, 1.165) is 16.8 Å². The smallest absolute Gasteiger partial charge is 0.387 e. The molecule has 0 aliphatic rings. The van der Waals surface area contributed by atoms with Crippen molar-refractivity contribution in [3.63, 3.8) is 0 Å². The van der Waals surface area contributed by atoms with Crippen molar-refractivity contribution in [2.45, 2.75) is 40.0 Å². The van der Waals surface area contributed by atoms with Crippen LogP contribution in [0.4, 0.5) is 14.5 Å². The van der Waals surface area contributed by atoms with Gasteiger partial charge in [-0.15, -0.1) is 0 Å². The molecule has 1 unspecified atom stereocenters. The number of rotatable bonds is 9. The molecule has 152 valence electrons. The Hall–Kier alpha value is -2.67.